The third-order valence-corrected chi connectivity index (χ3v) is 0.0500. The Morgan fingerprint density at radius 2 is 1.20 bits per heavy atom. The summed E-state index contributed by atoms with van der Waals surface area (Å²) in [6.45, 7) is 0. The minimum atomic E-state index is 0. The standard InChI is InChI=1S/C2N2.HI/c3-1-2-4;/h;1H/p-1. The van der Waals surface area contributed by atoms with Crippen LogP contribution in [0.15, 0.2) is 0 Å². The topological polar surface area (TPSA) is 47.6 Å². The first kappa shape index (κ1) is 8.83. The van der Waals surface area contributed by atoms with Crippen molar-refractivity contribution < 1.29 is 24.0 Å². The highest BCUT2D eigenvalue weighted by molar-refractivity contribution is 4.99. The van der Waals surface area contributed by atoms with Crippen molar-refractivity contribution in [1.29, 1.82) is 10.5 Å². The summed E-state index contributed by atoms with van der Waals surface area (Å²) in [4.78, 5) is 0. The molecule has 2 nitrogen and oxygen atoms in total. The molecule has 0 amide bonds. The summed E-state index contributed by atoms with van der Waals surface area (Å²) in [7, 11) is 0. The number of hydrogen-bond acceptors (Lipinski definition) is 2. The maximum absolute atomic E-state index is 7.26. The largest absolute Gasteiger partial charge is 1.00 e. The van der Waals surface area contributed by atoms with E-state index in [0.717, 1.165) is 0 Å². The van der Waals surface area contributed by atoms with Gasteiger partial charge in [0.1, 0.15) is 0 Å². The molecule has 0 aromatic heterocycles. The number of nitriles is 2. The Morgan fingerprint density at radius 1 is 1.00 bits per heavy atom. The molecule has 0 N–H and O–H groups in total. The first-order valence-electron chi connectivity index (χ1n) is 0.697. The zero-order chi connectivity index (χ0) is 3.41. The van der Waals surface area contributed by atoms with Gasteiger partial charge in [-0.2, -0.15) is 10.5 Å². The summed E-state index contributed by atoms with van der Waals surface area (Å²) in [5.41, 5.74) is 0. The lowest BCUT2D eigenvalue weighted by Gasteiger charge is -1.16. The highest BCUT2D eigenvalue weighted by Crippen LogP contribution is 1.27. The lowest BCUT2D eigenvalue weighted by molar-refractivity contribution is -0.00000135. The molecule has 26 valence electrons. The molecule has 3 heteroatoms. The SMILES string of the molecule is N#CC#N.[I-]. The lowest BCUT2D eigenvalue weighted by atomic mass is 10.9. The summed E-state index contributed by atoms with van der Waals surface area (Å²) >= 11 is 0. The fourth-order valence-electron chi connectivity index (χ4n) is 0. The van der Waals surface area contributed by atoms with Crippen LogP contribution in [-0.2, 0) is 0 Å². The molecule has 0 aromatic carbocycles. The Hall–Kier alpha value is -0.290. The molecule has 0 radical (unpaired) electrons. The molecular formula is C2IN2-. The molecule has 0 spiro atoms. The van der Waals surface area contributed by atoms with Crippen molar-refractivity contribution in [3.05, 3.63) is 0 Å². The Balaban J connectivity index is 0. The molecule has 0 bridgehead atoms. The van der Waals surface area contributed by atoms with Gasteiger partial charge in [-0.1, -0.05) is 0 Å². The zero-order valence-corrected chi connectivity index (χ0v) is 4.43. The van der Waals surface area contributed by atoms with E-state index in [-0.39, 0.29) is 24.0 Å². The van der Waals surface area contributed by atoms with Crippen LogP contribution in [0.5, 0.6) is 0 Å². The predicted molar refractivity (Wildman–Crippen MR) is 11.2 cm³/mol. The Morgan fingerprint density at radius 3 is 1.20 bits per heavy atom. The van der Waals surface area contributed by atoms with Gasteiger partial charge in [0.25, 0.3) is 0 Å². The maximum atomic E-state index is 7.26. The van der Waals surface area contributed by atoms with Gasteiger partial charge < -0.3 is 24.0 Å². The molecule has 0 aliphatic rings. The van der Waals surface area contributed by atoms with E-state index in [9.17, 15) is 0 Å². The molecule has 0 atom stereocenters. The Kier molecular flexibility index (Phi) is 16.5. The molecule has 0 fully saturated rings. The number of halogens is 1. The molecule has 5 heavy (non-hydrogen) atoms. The van der Waals surface area contributed by atoms with E-state index in [1.54, 1.807) is 0 Å². The highest BCUT2D eigenvalue weighted by Gasteiger charge is 1.39. The van der Waals surface area contributed by atoms with Crippen LogP contribution in [0.3, 0.4) is 0 Å². The van der Waals surface area contributed by atoms with Gasteiger partial charge in [-0.25, -0.2) is 0 Å². The van der Waals surface area contributed by atoms with Crippen LogP contribution in [0.25, 0.3) is 0 Å². The minimum absolute atomic E-state index is 0. The van der Waals surface area contributed by atoms with Crippen molar-refractivity contribution in [2.24, 2.45) is 0 Å². The quantitative estimate of drug-likeness (QED) is 0.373. The number of nitrogens with zero attached hydrogens (tertiary/aromatic N) is 2. The molecular weight excluding hydrogens is 179 g/mol. The molecule has 0 rings (SSSR count). The van der Waals surface area contributed by atoms with Gasteiger partial charge in [-0.05, 0) is 0 Å². The van der Waals surface area contributed by atoms with E-state index < -0.39 is 0 Å². The van der Waals surface area contributed by atoms with Gasteiger partial charge in [0.15, 0.2) is 12.1 Å². The van der Waals surface area contributed by atoms with Crippen molar-refractivity contribution in [2.45, 2.75) is 0 Å². The fraction of sp³-hybridized carbons (Fsp3) is 0. The van der Waals surface area contributed by atoms with Crippen LogP contribution < -0.4 is 24.0 Å². The van der Waals surface area contributed by atoms with E-state index in [0.29, 0.717) is 0 Å². The van der Waals surface area contributed by atoms with E-state index in [2.05, 4.69) is 0 Å². The fourth-order valence-corrected chi connectivity index (χ4v) is 0. The summed E-state index contributed by atoms with van der Waals surface area (Å²) in [6.07, 6.45) is 0. The predicted octanol–water partition coefficient (Wildman–Crippen LogP) is -2.96. The average Bonchev–Trinajstić information content (AvgIpc) is 1.37. The maximum Gasteiger partial charge on any atom is 0.181 e. The van der Waals surface area contributed by atoms with Crippen LogP contribution in [0.1, 0.15) is 0 Å². The third kappa shape index (κ3) is 21.5. The van der Waals surface area contributed by atoms with Crippen LogP contribution in [-0.4, -0.2) is 0 Å². The van der Waals surface area contributed by atoms with Crippen molar-refractivity contribution >= 4 is 0 Å². The molecule has 0 saturated heterocycles. The second-order valence-electron chi connectivity index (χ2n) is 0.224. The molecule has 0 aliphatic carbocycles. The summed E-state index contributed by atoms with van der Waals surface area (Å²) < 4.78 is 0. The van der Waals surface area contributed by atoms with Crippen LogP contribution in [0, 0.1) is 22.7 Å². The second kappa shape index (κ2) is 9.32. The van der Waals surface area contributed by atoms with E-state index >= 15 is 0 Å². The Labute approximate surface area is 47.0 Å². The van der Waals surface area contributed by atoms with E-state index in [4.69, 9.17) is 10.5 Å². The molecule has 0 unspecified atom stereocenters. The molecule has 0 saturated carbocycles. The van der Waals surface area contributed by atoms with Crippen LogP contribution in [0.4, 0.5) is 0 Å². The van der Waals surface area contributed by atoms with Crippen molar-refractivity contribution in [3.8, 4) is 12.1 Å². The van der Waals surface area contributed by atoms with E-state index in [1.807, 2.05) is 0 Å². The second-order valence-corrected chi connectivity index (χ2v) is 0.224. The van der Waals surface area contributed by atoms with Crippen molar-refractivity contribution in [2.75, 3.05) is 0 Å². The molecule has 0 aliphatic heterocycles. The lowest BCUT2D eigenvalue weighted by Crippen LogP contribution is -3.00. The average molecular weight is 179 g/mol. The van der Waals surface area contributed by atoms with Gasteiger partial charge in [-0.3, -0.25) is 0 Å². The van der Waals surface area contributed by atoms with E-state index in [1.165, 1.54) is 12.1 Å². The van der Waals surface area contributed by atoms with Crippen LogP contribution in [0.2, 0.25) is 0 Å². The molecule has 0 heterocycles. The Bertz CT molecular complexity index is 62.6. The van der Waals surface area contributed by atoms with Gasteiger partial charge in [-0.15, -0.1) is 0 Å². The van der Waals surface area contributed by atoms with Gasteiger partial charge in [0.2, 0.25) is 0 Å². The smallest absolute Gasteiger partial charge is 0.181 e. The van der Waals surface area contributed by atoms with Crippen LogP contribution >= 0.6 is 0 Å². The summed E-state index contributed by atoms with van der Waals surface area (Å²) in [5, 5.41) is 14.5. The normalized spacial score (nSPS) is 2.00. The summed E-state index contributed by atoms with van der Waals surface area (Å²) in [6, 6.07) is 2.47. The first-order valence-corrected chi connectivity index (χ1v) is 0.697. The third-order valence-electron chi connectivity index (χ3n) is 0.0500. The van der Waals surface area contributed by atoms with Gasteiger partial charge in [0, 0.05) is 0 Å². The highest BCUT2D eigenvalue weighted by atomic mass is 127. The van der Waals surface area contributed by atoms with Gasteiger partial charge in [0.05, 0.1) is 0 Å². The monoisotopic (exact) mass is 179 g/mol. The minimum Gasteiger partial charge on any atom is -1.00 e. The van der Waals surface area contributed by atoms with Crippen molar-refractivity contribution in [3.63, 3.8) is 0 Å². The zero-order valence-electron chi connectivity index (χ0n) is 2.27. The number of hydrogen-bond donors (Lipinski definition) is 0. The summed E-state index contributed by atoms with van der Waals surface area (Å²) in [5.74, 6) is 0. The van der Waals surface area contributed by atoms with Gasteiger partial charge >= 0.3 is 0 Å². The number of rotatable bonds is 0. The first-order chi connectivity index (χ1) is 1.91. The molecule has 0 aromatic rings. The van der Waals surface area contributed by atoms with Crippen molar-refractivity contribution in [1.82, 2.24) is 0 Å².